The first-order valence-corrected chi connectivity index (χ1v) is 10.1. The summed E-state index contributed by atoms with van der Waals surface area (Å²) >= 11 is 5.49. The molecular weight excluding hydrogens is 404 g/mol. The highest BCUT2D eigenvalue weighted by molar-refractivity contribution is 7.71. The Balaban J connectivity index is 1.83. The number of aromatic amines is 1. The molecule has 148 valence electrons. The van der Waals surface area contributed by atoms with Gasteiger partial charge in [-0.1, -0.05) is 66.7 Å². The van der Waals surface area contributed by atoms with Crippen molar-refractivity contribution >= 4 is 12.2 Å². The fourth-order valence-corrected chi connectivity index (χ4v) is 3.81. The van der Waals surface area contributed by atoms with Gasteiger partial charge in [0.2, 0.25) is 0 Å². The van der Waals surface area contributed by atoms with Crippen LogP contribution in [0.4, 0.5) is 0 Å². The first kappa shape index (κ1) is 18.7. The van der Waals surface area contributed by atoms with E-state index in [0.29, 0.717) is 27.5 Å². The minimum absolute atomic E-state index is 0.431. The SMILES string of the molecule is N#Cc1c(-c2n[nH]c(=S)n2-c2ccccc2)nn(-c2ccccc2)c1-c1ccccc1. The van der Waals surface area contributed by atoms with Crippen LogP contribution in [0.1, 0.15) is 5.56 Å². The Kier molecular flexibility index (Phi) is 4.75. The summed E-state index contributed by atoms with van der Waals surface area (Å²) in [6, 6.07) is 31.5. The maximum atomic E-state index is 10.2. The van der Waals surface area contributed by atoms with Gasteiger partial charge in [-0.2, -0.15) is 15.5 Å². The van der Waals surface area contributed by atoms with Gasteiger partial charge in [-0.25, -0.2) is 4.68 Å². The molecule has 7 heteroatoms. The molecule has 0 saturated heterocycles. The summed E-state index contributed by atoms with van der Waals surface area (Å²) in [6.45, 7) is 0. The molecular formula is C24H16N6S. The molecule has 0 aliphatic rings. The Morgan fingerprint density at radius 3 is 2.00 bits per heavy atom. The second-order valence-electron chi connectivity index (χ2n) is 6.82. The number of benzene rings is 3. The van der Waals surface area contributed by atoms with Crippen LogP contribution in [0.15, 0.2) is 91.0 Å². The zero-order valence-electron chi connectivity index (χ0n) is 16.3. The average molecular weight is 421 g/mol. The van der Waals surface area contributed by atoms with Crippen LogP contribution < -0.4 is 0 Å². The smallest absolute Gasteiger partial charge is 0.200 e. The summed E-state index contributed by atoms with van der Waals surface area (Å²) in [5, 5.41) is 22.3. The van der Waals surface area contributed by atoms with Crippen molar-refractivity contribution in [1.29, 1.82) is 5.26 Å². The molecule has 3 aromatic carbocycles. The van der Waals surface area contributed by atoms with Crippen LogP contribution in [0.5, 0.6) is 0 Å². The van der Waals surface area contributed by atoms with Crippen molar-refractivity contribution in [3.05, 3.63) is 101 Å². The fraction of sp³-hybridized carbons (Fsp3) is 0. The van der Waals surface area contributed by atoms with Gasteiger partial charge in [-0.3, -0.25) is 9.67 Å². The van der Waals surface area contributed by atoms with E-state index in [-0.39, 0.29) is 0 Å². The summed E-state index contributed by atoms with van der Waals surface area (Å²) in [5.74, 6) is 0.486. The Morgan fingerprint density at radius 2 is 1.39 bits per heavy atom. The minimum atomic E-state index is 0.431. The van der Waals surface area contributed by atoms with E-state index >= 15 is 0 Å². The molecule has 6 nitrogen and oxygen atoms in total. The summed E-state index contributed by atoms with van der Waals surface area (Å²) in [7, 11) is 0. The number of nitrogens with one attached hydrogen (secondary N) is 1. The lowest BCUT2D eigenvalue weighted by Gasteiger charge is -2.07. The lowest BCUT2D eigenvalue weighted by atomic mass is 10.1. The molecule has 0 atom stereocenters. The molecule has 0 aliphatic heterocycles. The summed E-state index contributed by atoms with van der Waals surface area (Å²) < 4.78 is 4.01. The van der Waals surface area contributed by atoms with Gasteiger partial charge in [0.05, 0.1) is 17.1 Å². The van der Waals surface area contributed by atoms with Gasteiger partial charge in [0, 0.05) is 5.56 Å². The first-order chi connectivity index (χ1) is 15.3. The molecule has 2 heterocycles. The molecule has 5 rings (SSSR count). The summed E-state index contributed by atoms with van der Waals surface area (Å²) in [5.41, 5.74) is 4.18. The lowest BCUT2D eigenvalue weighted by molar-refractivity contribution is 0.882. The fourth-order valence-electron chi connectivity index (χ4n) is 3.57. The van der Waals surface area contributed by atoms with Crippen LogP contribution in [-0.4, -0.2) is 24.5 Å². The number of hydrogen-bond donors (Lipinski definition) is 1. The summed E-state index contributed by atoms with van der Waals surface area (Å²) in [6.07, 6.45) is 0. The molecule has 31 heavy (non-hydrogen) atoms. The monoisotopic (exact) mass is 420 g/mol. The Bertz CT molecular complexity index is 1440. The van der Waals surface area contributed by atoms with Crippen molar-refractivity contribution in [1.82, 2.24) is 24.5 Å². The molecule has 0 unspecified atom stereocenters. The number of rotatable bonds is 4. The number of H-pyrrole nitrogens is 1. The second-order valence-corrected chi connectivity index (χ2v) is 7.21. The highest BCUT2D eigenvalue weighted by atomic mass is 32.1. The van der Waals surface area contributed by atoms with Crippen molar-refractivity contribution in [2.45, 2.75) is 0 Å². The van der Waals surface area contributed by atoms with Crippen LogP contribution in [0.2, 0.25) is 0 Å². The van der Waals surface area contributed by atoms with E-state index in [4.69, 9.17) is 17.3 Å². The van der Waals surface area contributed by atoms with Gasteiger partial charge in [0.1, 0.15) is 17.3 Å². The Labute approximate surface area is 183 Å². The zero-order valence-corrected chi connectivity index (χ0v) is 17.1. The molecule has 5 aromatic rings. The second kappa shape index (κ2) is 7.86. The Hall–Kier alpha value is -4.28. The van der Waals surface area contributed by atoms with Crippen molar-refractivity contribution < 1.29 is 0 Å². The van der Waals surface area contributed by atoms with Crippen LogP contribution in [0.25, 0.3) is 34.2 Å². The van der Waals surface area contributed by atoms with Gasteiger partial charge in [0.15, 0.2) is 10.6 Å². The van der Waals surface area contributed by atoms with Gasteiger partial charge in [-0.05, 0) is 36.5 Å². The van der Waals surface area contributed by atoms with Crippen LogP contribution in [-0.2, 0) is 0 Å². The molecule has 0 spiro atoms. The van der Waals surface area contributed by atoms with Crippen LogP contribution >= 0.6 is 12.2 Å². The molecule has 0 bridgehead atoms. The molecule has 0 fully saturated rings. The predicted molar refractivity (Wildman–Crippen MR) is 121 cm³/mol. The third-order valence-electron chi connectivity index (χ3n) is 4.94. The third kappa shape index (κ3) is 3.25. The molecule has 1 N–H and O–H groups in total. The van der Waals surface area contributed by atoms with Crippen LogP contribution in [0.3, 0.4) is 0 Å². The number of hydrogen-bond acceptors (Lipinski definition) is 4. The number of nitriles is 1. The molecule has 0 saturated carbocycles. The number of aromatic nitrogens is 5. The normalized spacial score (nSPS) is 10.7. The molecule has 0 amide bonds. The standard InChI is InChI=1S/C24H16N6S/c25-16-20-21(23-26-27-24(31)29(23)18-12-6-2-7-13-18)28-30(19-14-8-3-9-15-19)22(20)17-10-4-1-5-11-17/h1-15H,(H,27,31). The highest BCUT2D eigenvalue weighted by Gasteiger charge is 2.25. The van der Waals surface area contributed by atoms with Gasteiger partial charge in [0.25, 0.3) is 0 Å². The summed E-state index contributed by atoms with van der Waals surface area (Å²) in [4.78, 5) is 0. The van der Waals surface area contributed by atoms with E-state index in [9.17, 15) is 5.26 Å². The van der Waals surface area contributed by atoms with Gasteiger partial charge < -0.3 is 0 Å². The number of nitrogens with zero attached hydrogens (tertiary/aromatic N) is 5. The largest absolute Gasteiger partial charge is 0.267 e. The minimum Gasteiger partial charge on any atom is -0.267 e. The van der Waals surface area contributed by atoms with Crippen molar-refractivity contribution in [2.24, 2.45) is 0 Å². The zero-order chi connectivity index (χ0) is 21.2. The van der Waals surface area contributed by atoms with E-state index in [0.717, 1.165) is 16.9 Å². The van der Waals surface area contributed by atoms with Gasteiger partial charge >= 0.3 is 0 Å². The molecule has 0 aliphatic carbocycles. The topological polar surface area (TPSA) is 75.2 Å². The van der Waals surface area contributed by atoms with Crippen molar-refractivity contribution in [3.63, 3.8) is 0 Å². The number of para-hydroxylation sites is 2. The van der Waals surface area contributed by atoms with E-state index < -0.39 is 0 Å². The average Bonchev–Trinajstić information content (AvgIpc) is 3.41. The van der Waals surface area contributed by atoms with E-state index in [1.54, 1.807) is 9.25 Å². The maximum absolute atomic E-state index is 10.2. The predicted octanol–water partition coefficient (Wildman–Crippen LogP) is 5.32. The first-order valence-electron chi connectivity index (χ1n) is 9.65. The van der Waals surface area contributed by atoms with E-state index in [1.807, 2.05) is 91.0 Å². The quantitative estimate of drug-likeness (QED) is 0.399. The maximum Gasteiger partial charge on any atom is 0.200 e. The van der Waals surface area contributed by atoms with Crippen molar-refractivity contribution in [3.8, 4) is 40.2 Å². The van der Waals surface area contributed by atoms with E-state index in [1.165, 1.54) is 0 Å². The molecule has 0 radical (unpaired) electrons. The third-order valence-corrected chi connectivity index (χ3v) is 5.22. The lowest BCUT2D eigenvalue weighted by Crippen LogP contribution is -2.01. The van der Waals surface area contributed by atoms with E-state index in [2.05, 4.69) is 16.3 Å². The van der Waals surface area contributed by atoms with Crippen LogP contribution in [0, 0.1) is 16.1 Å². The van der Waals surface area contributed by atoms with Gasteiger partial charge in [-0.15, -0.1) is 0 Å². The Morgan fingerprint density at radius 1 is 0.806 bits per heavy atom. The molecule has 2 aromatic heterocycles. The highest BCUT2D eigenvalue weighted by Crippen LogP contribution is 2.33. The van der Waals surface area contributed by atoms with Crippen molar-refractivity contribution in [2.75, 3.05) is 0 Å².